The summed E-state index contributed by atoms with van der Waals surface area (Å²) in [5.74, 6) is 0.474. The van der Waals surface area contributed by atoms with Crippen LogP contribution >= 0.6 is 23.4 Å². The van der Waals surface area contributed by atoms with E-state index in [-0.39, 0.29) is 5.82 Å². The summed E-state index contributed by atoms with van der Waals surface area (Å²) in [5, 5.41) is 1.54. The van der Waals surface area contributed by atoms with Gasteiger partial charge in [0.05, 0.1) is 11.9 Å². The predicted molar refractivity (Wildman–Crippen MR) is 110 cm³/mol. The monoisotopic (exact) mass is 394 g/mol. The number of nitrogens with zero attached hydrogens (tertiary/aromatic N) is 2. The molecule has 4 aromatic rings. The van der Waals surface area contributed by atoms with Crippen molar-refractivity contribution in [3.63, 3.8) is 0 Å². The van der Waals surface area contributed by atoms with Gasteiger partial charge in [-0.1, -0.05) is 71.9 Å². The van der Waals surface area contributed by atoms with Gasteiger partial charge in [0.1, 0.15) is 5.82 Å². The van der Waals surface area contributed by atoms with E-state index in [1.54, 1.807) is 23.9 Å². The smallest absolute Gasteiger partial charge is 0.173 e. The molecule has 2 nitrogen and oxygen atoms in total. The zero-order chi connectivity index (χ0) is 18.6. The van der Waals surface area contributed by atoms with E-state index in [4.69, 9.17) is 11.6 Å². The molecule has 0 spiro atoms. The van der Waals surface area contributed by atoms with E-state index in [0.29, 0.717) is 10.8 Å². The van der Waals surface area contributed by atoms with Crippen LogP contribution < -0.4 is 0 Å². The summed E-state index contributed by atoms with van der Waals surface area (Å²) in [6.07, 6.45) is 1.88. The third kappa shape index (κ3) is 4.07. The Morgan fingerprint density at radius 3 is 2.44 bits per heavy atom. The van der Waals surface area contributed by atoms with Crippen molar-refractivity contribution in [2.24, 2.45) is 0 Å². The molecule has 0 radical (unpaired) electrons. The summed E-state index contributed by atoms with van der Waals surface area (Å²) in [5.41, 5.74) is 4.09. The van der Waals surface area contributed by atoms with Crippen LogP contribution in [-0.2, 0) is 5.75 Å². The molecule has 0 saturated carbocycles. The van der Waals surface area contributed by atoms with E-state index in [1.807, 2.05) is 48.7 Å². The van der Waals surface area contributed by atoms with Crippen LogP contribution in [-0.4, -0.2) is 9.55 Å². The number of hydrogen-bond acceptors (Lipinski definition) is 2. The number of thioether (sulfide) groups is 1. The lowest BCUT2D eigenvalue weighted by Crippen LogP contribution is -1.99. The third-order valence-electron chi connectivity index (χ3n) is 4.15. The van der Waals surface area contributed by atoms with Gasteiger partial charge in [-0.15, -0.1) is 0 Å². The topological polar surface area (TPSA) is 17.8 Å². The van der Waals surface area contributed by atoms with Crippen LogP contribution in [0, 0.1) is 5.82 Å². The lowest BCUT2D eigenvalue weighted by molar-refractivity contribution is 0.627. The van der Waals surface area contributed by atoms with Crippen LogP contribution in [0.4, 0.5) is 4.39 Å². The molecule has 4 rings (SSSR count). The van der Waals surface area contributed by atoms with Crippen LogP contribution in [0.15, 0.2) is 90.2 Å². The lowest BCUT2D eigenvalue weighted by atomic mass is 10.1. The van der Waals surface area contributed by atoms with Crippen molar-refractivity contribution in [1.29, 1.82) is 0 Å². The minimum atomic E-state index is -0.226. The third-order valence-corrected chi connectivity index (χ3v) is 5.41. The quantitative estimate of drug-likeness (QED) is 0.354. The van der Waals surface area contributed by atoms with E-state index >= 15 is 0 Å². The molecule has 134 valence electrons. The van der Waals surface area contributed by atoms with Crippen LogP contribution in [0.2, 0.25) is 5.02 Å². The minimum absolute atomic E-state index is 0.226. The van der Waals surface area contributed by atoms with Gasteiger partial charge in [-0.05, 0) is 35.9 Å². The highest BCUT2D eigenvalue weighted by molar-refractivity contribution is 7.98. The molecular formula is C22H16ClFN2S. The molecule has 0 amide bonds. The summed E-state index contributed by atoms with van der Waals surface area (Å²) >= 11 is 7.83. The van der Waals surface area contributed by atoms with Crippen LogP contribution in [0.25, 0.3) is 16.9 Å². The summed E-state index contributed by atoms with van der Waals surface area (Å²) in [4.78, 5) is 4.64. The molecule has 0 aliphatic heterocycles. The average molecular weight is 395 g/mol. The van der Waals surface area contributed by atoms with Gasteiger partial charge in [0, 0.05) is 22.0 Å². The zero-order valence-electron chi connectivity index (χ0n) is 14.3. The van der Waals surface area contributed by atoms with Gasteiger partial charge >= 0.3 is 0 Å². The fourth-order valence-electron chi connectivity index (χ4n) is 2.84. The highest BCUT2D eigenvalue weighted by atomic mass is 35.5. The molecule has 0 saturated heterocycles. The van der Waals surface area contributed by atoms with Crippen molar-refractivity contribution in [1.82, 2.24) is 9.55 Å². The molecule has 0 unspecified atom stereocenters. The second kappa shape index (κ2) is 7.99. The Labute approximate surface area is 166 Å². The maximum atomic E-state index is 13.1. The average Bonchev–Trinajstić information content (AvgIpc) is 3.12. The first-order valence-corrected chi connectivity index (χ1v) is 9.83. The number of halogens is 2. The Hall–Kier alpha value is -2.56. The van der Waals surface area contributed by atoms with Crippen molar-refractivity contribution in [3.05, 3.63) is 101 Å². The summed E-state index contributed by atoms with van der Waals surface area (Å²) < 4.78 is 15.2. The number of imidazole rings is 1. The molecule has 0 bridgehead atoms. The van der Waals surface area contributed by atoms with Gasteiger partial charge in [0.25, 0.3) is 0 Å². The van der Waals surface area contributed by atoms with Gasteiger partial charge in [0.15, 0.2) is 5.16 Å². The maximum absolute atomic E-state index is 13.1. The van der Waals surface area contributed by atoms with E-state index in [9.17, 15) is 4.39 Å². The fraction of sp³-hybridized carbons (Fsp3) is 0.0455. The first-order chi connectivity index (χ1) is 13.2. The van der Waals surface area contributed by atoms with E-state index in [0.717, 1.165) is 27.7 Å². The van der Waals surface area contributed by atoms with Crippen molar-refractivity contribution in [2.75, 3.05) is 0 Å². The second-order valence-corrected chi connectivity index (χ2v) is 7.40. The van der Waals surface area contributed by atoms with Crippen molar-refractivity contribution in [2.45, 2.75) is 10.9 Å². The Kier molecular flexibility index (Phi) is 5.28. The van der Waals surface area contributed by atoms with E-state index < -0.39 is 0 Å². The van der Waals surface area contributed by atoms with Gasteiger partial charge < -0.3 is 0 Å². The Morgan fingerprint density at radius 1 is 0.926 bits per heavy atom. The summed E-state index contributed by atoms with van der Waals surface area (Å²) in [6.45, 7) is 0. The Bertz CT molecular complexity index is 1050. The van der Waals surface area contributed by atoms with Gasteiger partial charge in [-0.25, -0.2) is 9.37 Å². The molecule has 27 heavy (non-hydrogen) atoms. The summed E-state index contributed by atoms with van der Waals surface area (Å²) in [6, 6.07) is 24.4. The van der Waals surface area contributed by atoms with Gasteiger partial charge in [-0.3, -0.25) is 4.57 Å². The maximum Gasteiger partial charge on any atom is 0.173 e. The highest BCUT2D eigenvalue weighted by Gasteiger charge is 2.14. The first-order valence-electron chi connectivity index (χ1n) is 8.47. The van der Waals surface area contributed by atoms with Gasteiger partial charge in [-0.2, -0.15) is 0 Å². The standard InChI is InChI=1S/C22H16ClFN2S/c23-18-7-4-8-20(13-18)26-21(17-5-2-1-3-6-17)14-25-22(26)27-15-16-9-11-19(24)12-10-16/h1-14H,15H2. The Morgan fingerprint density at radius 2 is 1.70 bits per heavy atom. The minimum Gasteiger partial charge on any atom is -0.287 e. The SMILES string of the molecule is Fc1ccc(CSc2ncc(-c3ccccc3)n2-c2cccc(Cl)c2)cc1. The molecule has 1 heterocycles. The van der Waals surface area contributed by atoms with Crippen LogP contribution in [0.5, 0.6) is 0 Å². The van der Waals surface area contributed by atoms with Crippen LogP contribution in [0.1, 0.15) is 5.56 Å². The van der Waals surface area contributed by atoms with E-state index in [1.165, 1.54) is 12.1 Å². The second-order valence-electron chi connectivity index (χ2n) is 6.02. The molecule has 0 N–H and O–H groups in total. The molecule has 1 aromatic heterocycles. The Balaban J connectivity index is 1.73. The van der Waals surface area contributed by atoms with Crippen LogP contribution in [0.3, 0.4) is 0 Å². The fourth-order valence-corrected chi connectivity index (χ4v) is 3.98. The van der Waals surface area contributed by atoms with Crippen molar-refractivity contribution < 1.29 is 4.39 Å². The van der Waals surface area contributed by atoms with E-state index in [2.05, 4.69) is 21.7 Å². The molecule has 0 aliphatic carbocycles. The summed E-state index contributed by atoms with van der Waals surface area (Å²) in [7, 11) is 0. The normalized spacial score (nSPS) is 10.9. The number of rotatable bonds is 5. The van der Waals surface area contributed by atoms with Crippen molar-refractivity contribution in [3.8, 4) is 16.9 Å². The lowest BCUT2D eigenvalue weighted by Gasteiger charge is -2.12. The molecule has 0 fully saturated rings. The first kappa shape index (κ1) is 17.8. The number of benzene rings is 3. The molecule has 5 heteroatoms. The largest absolute Gasteiger partial charge is 0.287 e. The molecule has 0 aliphatic rings. The molecule has 3 aromatic carbocycles. The van der Waals surface area contributed by atoms with Crippen molar-refractivity contribution >= 4 is 23.4 Å². The highest BCUT2D eigenvalue weighted by Crippen LogP contribution is 2.32. The molecular weight excluding hydrogens is 379 g/mol. The van der Waals surface area contributed by atoms with Gasteiger partial charge in [0.2, 0.25) is 0 Å². The number of hydrogen-bond donors (Lipinski definition) is 0. The predicted octanol–water partition coefficient (Wildman–Crippen LogP) is 6.62. The molecule has 0 atom stereocenters. The zero-order valence-corrected chi connectivity index (χ0v) is 15.9. The number of aromatic nitrogens is 2.